The largest absolute Gasteiger partial charge is 0.378 e. The lowest BCUT2D eigenvalue weighted by Crippen LogP contribution is -2.39. The van der Waals surface area contributed by atoms with E-state index < -0.39 is 0 Å². The highest BCUT2D eigenvalue weighted by atomic mass is 32.2. The zero-order chi connectivity index (χ0) is 17.5. The van der Waals surface area contributed by atoms with Crippen molar-refractivity contribution < 1.29 is 9.13 Å². The minimum absolute atomic E-state index is 0.175. The molecule has 2 aliphatic heterocycles. The second-order valence-corrected chi connectivity index (χ2v) is 7.74. The average molecular weight is 367 g/mol. The van der Waals surface area contributed by atoms with Crippen molar-refractivity contribution in [3.8, 4) is 0 Å². The number of rotatable bonds is 5. The van der Waals surface area contributed by atoms with Gasteiger partial charge in [0.2, 0.25) is 0 Å². The number of morpholine rings is 1. The van der Waals surface area contributed by atoms with Crippen LogP contribution in [0.25, 0.3) is 0 Å². The molecule has 0 aromatic heterocycles. The number of halogens is 1. The molecular weight excluding hydrogens is 339 g/mol. The van der Waals surface area contributed by atoms with Gasteiger partial charge in [0.05, 0.1) is 18.9 Å². The van der Waals surface area contributed by atoms with Crippen molar-refractivity contribution in [3.05, 3.63) is 29.6 Å². The van der Waals surface area contributed by atoms with E-state index in [-0.39, 0.29) is 5.82 Å². The zero-order valence-electron chi connectivity index (χ0n) is 14.8. The first kappa shape index (κ1) is 18.3. The molecule has 7 heteroatoms. The van der Waals surface area contributed by atoms with Crippen LogP contribution in [0.2, 0.25) is 0 Å². The van der Waals surface area contributed by atoms with Gasteiger partial charge in [-0.2, -0.15) is 11.8 Å². The minimum Gasteiger partial charge on any atom is -0.378 e. The van der Waals surface area contributed by atoms with Crippen molar-refractivity contribution in [3.63, 3.8) is 0 Å². The van der Waals surface area contributed by atoms with Crippen molar-refractivity contribution in [1.82, 2.24) is 10.6 Å². The molecule has 0 saturated carbocycles. The maximum Gasteiger partial charge on any atom is 0.191 e. The Morgan fingerprint density at radius 3 is 2.88 bits per heavy atom. The number of anilines is 1. The summed E-state index contributed by atoms with van der Waals surface area (Å²) in [6.45, 7) is 4.27. The van der Waals surface area contributed by atoms with Crippen LogP contribution >= 0.6 is 11.8 Å². The molecule has 3 rings (SSSR count). The van der Waals surface area contributed by atoms with Gasteiger partial charge in [0, 0.05) is 38.5 Å². The van der Waals surface area contributed by atoms with Crippen LogP contribution in [0.15, 0.2) is 23.2 Å². The lowest BCUT2D eigenvalue weighted by Gasteiger charge is -2.29. The Bertz CT molecular complexity index is 586. The molecule has 0 aliphatic carbocycles. The first-order chi connectivity index (χ1) is 12.3. The maximum atomic E-state index is 14.4. The number of hydrogen-bond donors (Lipinski definition) is 2. The van der Waals surface area contributed by atoms with Crippen molar-refractivity contribution in [2.24, 2.45) is 4.99 Å². The van der Waals surface area contributed by atoms with E-state index in [0.29, 0.717) is 30.7 Å². The van der Waals surface area contributed by atoms with Crippen molar-refractivity contribution >= 4 is 23.4 Å². The molecule has 5 nitrogen and oxygen atoms in total. The van der Waals surface area contributed by atoms with E-state index in [1.807, 2.05) is 28.8 Å². The summed E-state index contributed by atoms with van der Waals surface area (Å²) in [5.41, 5.74) is 1.57. The standard InChI is InChI=1S/C18H27FN4OS/c1-20-18(22-13-15-3-2-10-25-15)21-12-14-4-5-17(16(19)11-14)23-6-8-24-9-7-23/h4-5,11,15H,2-3,6-10,12-13H2,1H3,(H2,20,21,22). The minimum atomic E-state index is -0.175. The van der Waals surface area contributed by atoms with Crippen molar-refractivity contribution in [1.29, 1.82) is 0 Å². The van der Waals surface area contributed by atoms with Gasteiger partial charge in [-0.15, -0.1) is 0 Å². The Balaban J connectivity index is 1.50. The summed E-state index contributed by atoms with van der Waals surface area (Å²) in [5.74, 6) is 1.85. The van der Waals surface area contributed by atoms with E-state index in [1.165, 1.54) is 18.6 Å². The summed E-state index contributed by atoms with van der Waals surface area (Å²) in [7, 11) is 1.76. The topological polar surface area (TPSA) is 48.9 Å². The highest BCUT2D eigenvalue weighted by molar-refractivity contribution is 8.00. The van der Waals surface area contributed by atoms with Gasteiger partial charge in [0.1, 0.15) is 5.82 Å². The third kappa shape index (κ3) is 5.25. The van der Waals surface area contributed by atoms with Crippen LogP contribution < -0.4 is 15.5 Å². The predicted octanol–water partition coefficient (Wildman–Crippen LogP) is 2.22. The molecular formula is C18H27FN4OS. The highest BCUT2D eigenvalue weighted by Crippen LogP contribution is 2.25. The lowest BCUT2D eigenvalue weighted by atomic mass is 10.1. The fourth-order valence-corrected chi connectivity index (χ4v) is 4.34. The Hall–Kier alpha value is -1.47. The first-order valence-electron chi connectivity index (χ1n) is 8.93. The third-order valence-corrected chi connectivity index (χ3v) is 5.97. The Morgan fingerprint density at radius 2 is 2.20 bits per heavy atom. The molecule has 2 aliphatic rings. The van der Waals surface area contributed by atoms with Gasteiger partial charge >= 0.3 is 0 Å². The fourth-order valence-electron chi connectivity index (χ4n) is 3.14. The van der Waals surface area contributed by atoms with Crippen LogP contribution in [0.3, 0.4) is 0 Å². The van der Waals surface area contributed by atoms with Gasteiger partial charge in [-0.1, -0.05) is 6.07 Å². The summed E-state index contributed by atoms with van der Waals surface area (Å²) in [4.78, 5) is 6.28. The molecule has 2 heterocycles. The van der Waals surface area contributed by atoms with Crippen molar-refractivity contribution in [2.45, 2.75) is 24.6 Å². The summed E-state index contributed by atoms with van der Waals surface area (Å²) in [6, 6.07) is 5.45. The van der Waals surface area contributed by atoms with E-state index in [2.05, 4.69) is 15.6 Å². The summed E-state index contributed by atoms with van der Waals surface area (Å²) in [6.07, 6.45) is 2.57. The Morgan fingerprint density at radius 1 is 1.36 bits per heavy atom. The van der Waals surface area contributed by atoms with Gasteiger partial charge < -0.3 is 20.3 Å². The lowest BCUT2D eigenvalue weighted by molar-refractivity contribution is 0.122. The molecule has 0 spiro atoms. The van der Waals surface area contributed by atoms with Crippen LogP contribution in [0.4, 0.5) is 10.1 Å². The van der Waals surface area contributed by atoms with Crippen LogP contribution in [0.5, 0.6) is 0 Å². The molecule has 2 saturated heterocycles. The van der Waals surface area contributed by atoms with Crippen LogP contribution in [0, 0.1) is 5.82 Å². The second-order valence-electron chi connectivity index (χ2n) is 6.33. The quantitative estimate of drug-likeness (QED) is 0.618. The van der Waals surface area contributed by atoms with E-state index in [4.69, 9.17) is 4.74 Å². The third-order valence-electron chi connectivity index (χ3n) is 4.57. The molecule has 1 aromatic carbocycles. The smallest absolute Gasteiger partial charge is 0.191 e. The van der Waals surface area contributed by atoms with E-state index >= 15 is 0 Å². The zero-order valence-corrected chi connectivity index (χ0v) is 15.6. The molecule has 0 amide bonds. The number of benzene rings is 1. The maximum absolute atomic E-state index is 14.4. The number of thioether (sulfide) groups is 1. The first-order valence-corrected chi connectivity index (χ1v) is 9.98. The molecule has 2 fully saturated rings. The molecule has 1 atom stereocenters. The van der Waals surface area contributed by atoms with Gasteiger partial charge in [0.15, 0.2) is 5.96 Å². The highest BCUT2D eigenvalue weighted by Gasteiger charge is 2.16. The number of aliphatic imine (C=N–C) groups is 1. The predicted molar refractivity (Wildman–Crippen MR) is 103 cm³/mol. The van der Waals surface area contributed by atoms with Gasteiger partial charge in [-0.25, -0.2) is 4.39 Å². The fraction of sp³-hybridized carbons (Fsp3) is 0.611. The molecule has 1 unspecified atom stereocenters. The number of nitrogens with one attached hydrogen (secondary N) is 2. The monoisotopic (exact) mass is 366 g/mol. The van der Waals surface area contributed by atoms with Gasteiger partial charge in [-0.05, 0) is 36.3 Å². The number of ether oxygens (including phenoxy) is 1. The van der Waals surface area contributed by atoms with Gasteiger partial charge in [0.25, 0.3) is 0 Å². The SMILES string of the molecule is CN=C(NCc1ccc(N2CCOCC2)c(F)c1)NCC1CCCS1. The number of guanidine groups is 1. The van der Waals surface area contributed by atoms with E-state index in [1.54, 1.807) is 13.1 Å². The van der Waals surface area contributed by atoms with Crippen LogP contribution in [-0.4, -0.2) is 56.9 Å². The molecule has 2 N–H and O–H groups in total. The summed E-state index contributed by atoms with van der Waals surface area (Å²) < 4.78 is 19.8. The average Bonchev–Trinajstić information content (AvgIpc) is 3.16. The molecule has 0 bridgehead atoms. The summed E-state index contributed by atoms with van der Waals surface area (Å²) in [5, 5.41) is 7.30. The van der Waals surface area contributed by atoms with Crippen LogP contribution in [0.1, 0.15) is 18.4 Å². The second kappa shape index (κ2) is 9.29. The van der Waals surface area contributed by atoms with E-state index in [9.17, 15) is 4.39 Å². The molecule has 25 heavy (non-hydrogen) atoms. The Labute approximate surface area is 153 Å². The summed E-state index contributed by atoms with van der Waals surface area (Å²) >= 11 is 2.02. The molecule has 138 valence electrons. The van der Waals surface area contributed by atoms with Crippen molar-refractivity contribution in [2.75, 3.05) is 50.5 Å². The Kier molecular flexibility index (Phi) is 6.81. The molecule has 0 radical (unpaired) electrons. The van der Waals surface area contributed by atoms with E-state index in [0.717, 1.165) is 31.2 Å². The molecule has 1 aromatic rings. The van der Waals surface area contributed by atoms with Crippen LogP contribution in [-0.2, 0) is 11.3 Å². The number of nitrogens with zero attached hydrogens (tertiary/aromatic N) is 2. The number of hydrogen-bond acceptors (Lipinski definition) is 4. The van der Waals surface area contributed by atoms with Gasteiger partial charge in [-0.3, -0.25) is 4.99 Å². The normalized spacial score (nSPS) is 21.4.